The first-order chi connectivity index (χ1) is 10.0. The lowest BCUT2D eigenvalue weighted by Gasteiger charge is -2.08. The normalized spacial score (nSPS) is 10.3. The summed E-state index contributed by atoms with van der Waals surface area (Å²) in [6.07, 6.45) is 3.19. The number of phenols is 3. The summed E-state index contributed by atoms with van der Waals surface area (Å²) >= 11 is 0. The molecule has 1 aromatic carbocycles. The van der Waals surface area contributed by atoms with Crippen LogP contribution in [0, 0.1) is 0 Å². The van der Waals surface area contributed by atoms with Crippen molar-refractivity contribution in [3.05, 3.63) is 30.1 Å². The number of aromatic nitrogens is 2. The predicted octanol–water partition coefficient (Wildman–Crippen LogP) is 0.358. The van der Waals surface area contributed by atoms with Crippen LogP contribution in [0.3, 0.4) is 0 Å². The maximum atomic E-state index is 11.2. The van der Waals surface area contributed by atoms with Gasteiger partial charge in [-0.1, -0.05) is 0 Å². The molecule has 0 bridgehead atoms. The van der Waals surface area contributed by atoms with E-state index in [9.17, 15) is 20.1 Å². The Morgan fingerprint density at radius 1 is 1.29 bits per heavy atom. The molecule has 8 heteroatoms. The second-order valence-electron chi connectivity index (χ2n) is 4.39. The predicted molar refractivity (Wildman–Crippen MR) is 75.1 cm³/mol. The molecule has 0 aliphatic heterocycles. The zero-order chi connectivity index (χ0) is 15.4. The Bertz CT molecular complexity index is 654. The number of carbonyl (C=O) groups excluding carboxylic acids is 1. The topological polar surface area (TPSA) is 120 Å². The van der Waals surface area contributed by atoms with Crippen LogP contribution >= 0.6 is 0 Å². The largest absolute Gasteiger partial charge is 0.504 e. The summed E-state index contributed by atoms with van der Waals surface area (Å²) in [7, 11) is 1.55. The fourth-order valence-corrected chi connectivity index (χ4v) is 1.72. The third-order valence-corrected chi connectivity index (χ3v) is 2.91. The first-order valence-electron chi connectivity index (χ1n) is 6.21. The van der Waals surface area contributed by atoms with Crippen molar-refractivity contribution in [2.75, 3.05) is 12.4 Å². The number of amides is 1. The number of benzene rings is 1. The van der Waals surface area contributed by atoms with Gasteiger partial charge in [0.15, 0.2) is 11.5 Å². The average Bonchev–Trinajstić information content (AvgIpc) is 2.91. The van der Waals surface area contributed by atoms with Crippen LogP contribution in [0.25, 0.3) is 0 Å². The van der Waals surface area contributed by atoms with Crippen molar-refractivity contribution in [1.29, 1.82) is 0 Å². The highest BCUT2D eigenvalue weighted by atomic mass is 16.3. The van der Waals surface area contributed by atoms with Crippen LogP contribution in [0.5, 0.6) is 17.2 Å². The SMILES string of the molecule is CNC(=O)Cn1cc(NCc2ccc(O)c(O)c2O)cn1. The van der Waals surface area contributed by atoms with E-state index in [1.165, 1.54) is 16.8 Å². The molecule has 0 spiro atoms. The number of hydrogen-bond donors (Lipinski definition) is 5. The molecule has 2 aromatic rings. The van der Waals surface area contributed by atoms with Crippen molar-refractivity contribution in [3.63, 3.8) is 0 Å². The Labute approximate surface area is 120 Å². The zero-order valence-corrected chi connectivity index (χ0v) is 11.4. The maximum Gasteiger partial charge on any atom is 0.241 e. The Hall–Kier alpha value is -2.90. The van der Waals surface area contributed by atoms with Crippen LogP contribution in [-0.4, -0.2) is 38.1 Å². The van der Waals surface area contributed by atoms with E-state index < -0.39 is 5.75 Å². The molecule has 0 atom stereocenters. The van der Waals surface area contributed by atoms with Crippen molar-refractivity contribution in [3.8, 4) is 17.2 Å². The number of carbonyl (C=O) groups is 1. The van der Waals surface area contributed by atoms with Gasteiger partial charge < -0.3 is 26.0 Å². The van der Waals surface area contributed by atoms with Gasteiger partial charge in [0, 0.05) is 25.4 Å². The van der Waals surface area contributed by atoms with Crippen molar-refractivity contribution < 1.29 is 20.1 Å². The van der Waals surface area contributed by atoms with Crippen LogP contribution in [0.2, 0.25) is 0 Å². The first kappa shape index (κ1) is 14.5. The Kier molecular flexibility index (Phi) is 4.17. The quantitative estimate of drug-likeness (QED) is 0.507. The lowest BCUT2D eigenvalue weighted by Crippen LogP contribution is -2.23. The molecular weight excluding hydrogens is 276 g/mol. The highest BCUT2D eigenvalue weighted by Crippen LogP contribution is 2.37. The summed E-state index contributed by atoms with van der Waals surface area (Å²) in [4.78, 5) is 11.2. The van der Waals surface area contributed by atoms with Crippen LogP contribution in [-0.2, 0) is 17.9 Å². The average molecular weight is 292 g/mol. The van der Waals surface area contributed by atoms with Gasteiger partial charge >= 0.3 is 0 Å². The molecule has 5 N–H and O–H groups in total. The second-order valence-corrected chi connectivity index (χ2v) is 4.39. The molecule has 0 fully saturated rings. The van der Waals surface area contributed by atoms with E-state index in [1.807, 2.05) is 0 Å². The van der Waals surface area contributed by atoms with Crippen LogP contribution in [0.15, 0.2) is 24.5 Å². The maximum absolute atomic E-state index is 11.2. The van der Waals surface area contributed by atoms with Gasteiger partial charge in [-0.15, -0.1) is 0 Å². The summed E-state index contributed by atoms with van der Waals surface area (Å²) in [5, 5.41) is 37.9. The number of rotatable bonds is 5. The van der Waals surface area contributed by atoms with Gasteiger partial charge in [-0.05, 0) is 12.1 Å². The molecule has 0 aliphatic rings. The molecule has 2 rings (SSSR count). The fraction of sp³-hybridized carbons (Fsp3) is 0.231. The molecule has 0 radical (unpaired) electrons. The van der Waals surface area contributed by atoms with E-state index >= 15 is 0 Å². The molecule has 0 aliphatic carbocycles. The minimum Gasteiger partial charge on any atom is -0.504 e. The number of likely N-dealkylation sites (N-methyl/N-ethyl adjacent to an activating group) is 1. The molecule has 0 saturated carbocycles. The van der Waals surface area contributed by atoms with Crippen molar-refractivity contribution in [1.82, 2.24) is 15.1 Å². The second kappa shape index (κ2) is 6.04. The third-order valence-electron chi connectivity index (χ3n) is 2.91. The number of nitrogens with zero attached hydrogens (tertiary/aromatic N) is 2. The Morgan fingerprint density at radius 3 is 2.76 bits per heavy atom. The zero-order valence-electron chi connectivity index (χ0n) is 11.4. The van der Waals surface area contributed by atoms with Crippen molar-refractivity contribution in [2.45, 2.75) is 13.1 Å². The van der Waals surface area contributed by atoms with E-state index in [1.54, 1.807) is 19.4 Å². The van der Waals surface area contributed by atoms with Crippen LogP contribution in [0.4, 0.5) is 5.69 Å². The summed E-state index contributed by atoms with van der Waals surface area (Å²) in [5.74, 6) is -1.47. The van der Waals surface area contributed by atoms with E-state index in [0.717, 1.165) is 0 Å². The minimum absolute atomic E-state index is 0.115. The fourth-order valence-electron chi connectivity index (χ4n) is 1.72. The van der Waals surface area contributed by atoms with Gasteiger partial charge in [-0.2, -0.15) is 5.10 Å². The highest BCUT2D eigenvalue weighted by molar-refractivity contribution is 5.75. The van der Waals surface area contributed by atoms with Gasteiger partial charge in [0.1, 0.15) is 6.54 Å². The van der Waals surface area contributed by atoms with Gasteiger partial charge in [0.2, 0.25) is 11.7 Å². The molecule has 112 valence electrons. The molecule has 0 saturated heterocycles. The molecule has 21 heavy (non-hydrogen) atoms. The van der Waals surface area contributed by atoms with Gasteiger partial charge in [0.05, 0.1) is 11.9 Å². The van der Waals surface area contributed by atoms with Gasteiger partial charge in [-0.25, -0.2) is 0 Å². The molecular formula is C13H16N4O4. The minimum atomic E-state index is -0.551. The Morgan fingerprint density at radius 2 is 2.05 bits per heavy atom. The lowest BCUT2D eigenvalue weighted by atomic mass is 10.1. The molecule has 1 heterocycles. The molecule has 8 nitrogen and oxygen atoms in total. The highest BCUT2D eigenvalue weighted by Gasteiger charge is 2.11. The van der Waals surface area contributed by atoms with Gasteiger partial charge in [-0.3, -0.25) is 9.48 Å². The van der Waals surface area contributed by atoms with Crippen molar-refractivity contribution >= 4 is 11.6 Å². The number of anilines is 1. The number of hydrogen-bond acceptors (Lipinski definition) is 6. The molecule has 1 amide bonds. The third kappa shape index (κ3) is 3.35. The summed E-state index contributed by atoms with van der Waals surface area (Å²) in [6, 6.07) is 2.79. The van der Waals surface area contributed by atoms with Gasteiger partial charge in [0.25, 0.3) is 0 Å². The summed E-state index contributed by atoms with van der Waals surface area (Å²) in [5.41, 5.74) is 1.08. The summed E-state index contributed by atoms with van der Waals surface area (Å²) < 4.78 is 1.47. The monoisotopic (exact) mass is 292 g/mol. The number of nitrogens with one attached hydrogen (secondary N) is 2. The number of aromatic hydroxyl groups is 3. The smallest absolute Gasteiger partial charge is 0.241 e. The van der Waals surface area contributed by atoms with Crippen molar-refractivity contribution in [2.24, 2.45) is 0 Å². The van der Waals surface area contributed by atoms with E-state index in [4.69, 9.17) is 0 Å². The lowest BCUT2D eigenvalue weighted by molar-refractivity contribution is -0.121. The standard InChI is InChI=1S/C13H16N4O4/c1-14-11(19)7-17-6-9(5-16-17)15-4-8-2-3-10(18)13(21)12(8)20/h2-3,5-6,15,18,20-21H,4,7H2,1H3,(H,14,19). The van der Waals surface area contributed by atoms with E-state index in [-0.39, 0.29) is 30.5 Å². The summed E-state index contributed by atoms with van der Waals surface area (Å²) in [6.45, 7) is 0.342. The number of phenolic OH excluding ortho intramolecular Hbond substituents is 3. The molecule has 1 aromatic heterocycles. The first-order valence-corrected chi connectivity index (χ1v) is 6.21. The van der Waals surface area contributed by atoms with E-state index in [2.05, 4.69) is 15.7 Å². The van der Waals surface area contributed by atoms with Crippen LogP contribution in [0.1, 0.15) is 5.56 Å². The molecule has 0 unspecified atom stereocenters. The Balaban J connectivity index is 2.00. The van der Waals surface area contributed by atoms with E-state index in [0.29, 0.717) is 11.3 Å². The van der Waals surface area contributed by atoms with Crippen LogP contribution < -0.4 is 10.6 Å².